The summed E-state index contributed by atoms with van der Waals surface area (Å²) in [6.45, 7) is 7.94. The van der Waals surface area contributed by atoms with Gasteiger partial charge in [-0.2, -0.15) is 0 Å². The minimum absolute atomic E-state index is 0.0877. The number of carbonyl (C=O) groups is 1. The van der Waals surface area contributed by atoms with Crippen LogP contribution in [0.25, 0.3) is 0 Å². The molecule has 0 aromatic carbocycles. The Morgan fingerprint density at radius 1 is 1.60 bits per heavy atom. The van der Waals surface area contributed by atoms with Crippen LogP contribution >= 0.6 is 0 Å². The monoisotopic (exact) mass is 208 g/mol. The molecule has 3 atom stereocenters. The number of hydrogen-bond acceptors (Lipinski definition) is 2. The largest absolute Gasteiger partial charge is 0.458 e. The first kappa shape index (κ1) is 12.0. The van der Waals surface area contributed by atoms with Crippen molar-refractivity contribution in [1.82, 2.24) is 0 Å². The molecule has 0 fully saturated rings. The summed E-state index contributed by atoms with van der Waals surface area (Å²) < 4.78 is 5.19. The summed E-state index contributed by atoms with van der Waals surface area (Å²) >= 11 is 0. The first-order valence-electron chi connectivity index (χ1n) is 5.61. The number of hydrogen-bond donors (Lipinski definition) is 0. The van der Waals surface area contributed by atoms with Crippen LogP contribution in [-0.2, 0) is 9.53 Å². The molecule has 0 radical (unpaired) electrons. The van der Waals surface area contributed by atoms with Gasteiger partial charge in [-0.1, -0.05) is 32.9 Å². The van der Waals surface area contributed by atoms with Gasteiger partial charge in [0.1, 0.15) is 6.10 Å². The van der Waals surface area contributed by atoms with E-state index in [0.29, 0.717) is 5.92 Å². The lowest BCUT2D eigenvalue weighted by atomic mass is 9.88. The fourth-order valence-corrected chi connectivity index (χ4v) is 1.74. The van der Waals surface area contributed by atoms with E-state index >= 15 is 0 Å². The van der Waals surface area contributed by atoms with Gasteiger partial charge < -0.3 is 4.74 Å². The fraction of sp³-hybridized carbons (Fsp3) is 0.615. The summed E-state index contributed by atoms with van der Waals surface area (Å²) in [6.07, 6.45) is 7.34. The topological polar surface area (TPSA) is 26.3 Å². The van der Waals surface area contributed by atoms with Crippen molar-refractivity contribution in [1.29, 1.82) is 0 Å². The maximum Gasteiger partial charge on any atom is 0.303 e. The number of carbonyl (C=O) groups excluding carboxylic acids is 1. The van der Waals surface area contributed by atoms with Crippen LogP contribution < -0.4 is 0 Å². The van der Waals surface area contributed by atoms with Gasteiger partial charge >= 0.3 is 5.97 Å². The highest BCUT2D eigenvalue weighted by molar-refractivity contribution is 5.66. The van der Waals surface area contributed by atoms with Crippen LogP contribution in [0.2, 0.25) is 0 Å². The Labute approximate surface area is 92.0 Å². The molecule has 2 heteroatoms. The number of rotatable bonds is 3. The van der Waals surface area contributed by atoms with Gasteiger partial charge in [0, 0.05) is 12.8 Å². The van der Waals surface area contributed by atoms with E-state index in [-0.39, 0.29) is 18.0 Å². The van der Waals surface area contributed by atoms with Gasteiger partial charge in [-0.25, -0.2) is 0 Å². The van der Waals surface area contributed by atoms with Crippen molar-refractivity contribution in [2.24, 2.45) is 11.8 Å². The molecule has 1 aliphatic carbocycles. The van der Waals surface area contributed by atoms with E-state index in [1.165, 1.54) is 12.5 Å². The van der Waals surface area contributed by atoms with Gasteiger partial charge in [-0.3, -0.25) is 4.79 Å². The lowest BCUT2D eigenvalue weighted by Gasteiger charge is -2.24. The van der Waals surface area contributed by atoms with Crippen molar-refractivity contribution in [3.8, 4) is 0 Å². The average molecular weight is 208 g/mol. The Kier molecular flexibility index (Phi) is 4.13. The van der Waals surface area contributed by atoms with Gasteiger partial charge in [-0.15, -0.1) is 0 Å². The molecule has 0 bridgehead atoms. The number of allylic oxidation sites excluding steroid dienone is 2. The van der Waals surface area contributed by atoms with Crippen LogP contribution in [0.3, 0.4) is 0 Å². The summed E-state index contributed by atoms with van der Waals surface area (Å²) in [6, 6.07) is 0. The second-order valence-electron chi connectivity index (χ2n) is 4.27. The Morgan fingerprint density at radius 3 is 2.73 bits per heavy atom. The quantitative estimate of drug-likeness (QED) is 0.666. The summed E-state index contributed by atoms with van der Waals surface area (Å²) in [4.78, 5) is 10.9. The van der Waals surface area contributed by atoms with Crippen LogP contribution in [-0.4, -0.2) is 12.1 Å². The molecule has 2 nitrogen and oxygen atoms in total. The molecule has 0 aliphatic heterocycles. The van der Waals surface area contributed by atoms with E-state index in [2.05, 4.69) is 32.9 Å². The van der Waals surface area contributed by atoms with E-state index in [4.69, 9.17) is 4.74 Å². The average Bonchev–Trinajstić information content (AvgIpc) is 2.19. The standard InChI is InChI=1S/C13H20O2/c1-5-9(2)12-6-7-13(10(3)8-12)15-11(4)14/h6-10,13H,5H2,1-4H3. The van der Waals surface area contributed by atoms with E-state index in [1.54, 1.807) is 0 Å². The lowest BCUT2D eigenvalue weighted by Crippen LogP contribution is -2.23. The zero-order chi connectivity index (χ0) is 11.4. The number of esters is 1. The van der Waals surface area contributed by atoms with Crippen LogP contribution in [0.1, 0.15) is 34.1 Å². The van der Waals surface area contributed by atoms with E-state index in [9.17, 15) is 4.79 Å². The molecule has 0 aromatic rings. The maximum atomic E-state index is 10.9. The normalized spacial score (nSPS) is 27.1. The van der Waals surface area contributed by atoms with Gasteiger partial charge in [0.15, 0.2) is 0 Å². The molecule has 0 saturated carbocycles. The van der Waals surface area contributed by atoms with Gasteiger partial charge in [0.2, 0.25) is 0 Å². The smallest absolute Gasteiger partial charge is 0.303 e. The second kappa shape index (κ2) is 5.15. The van der Waals surface area contributed by atoms with Crippen molar-refractivity contribution in [2.75, 3.05) is 0 Å². The highest BCUT2D eigenvalue weighted by atomic mass is 16.5. The van der Waals surface area contributed by atoms with Gasteiger partial charge in [-0.05, 0) is 24.0 Å². The van der Waals surface area contributed by atoms with Crippen LogP contribution in [0.5, 0.6) is 0 Å². The molecular weight excluding hydrogens is 188 g/mol. The van der Waals surface area contributed by atoms with Crippen molar-refractivity contribution >= 4 is 5.97 Å². The Balaban J connectivity index is 2.66. The van der Waals surface area contributed by atoms with E-state index in [0.717, 1.165) is 6.42 Å². The summed E-state index contributed by atoms with van der Waals surface area (Å²) in [7, 11) is 0. The predicted molar refractivity (Wildman–Crippen MR) is 61.4 cm³/mol. The third-order valence-corrected chi connectivity index (χ3v) is 2.94. The molecule has 0 aromatic heterocycles. The highest BCUT2D eigenvalue weighted by Crippen LogP contribution is 2.25. The second-order valence-corrected chi connectivity index (χ2v) is 4.27. The Hall–Kier alpha value is -1.05. The molecule has 3 unspecified atom stereocenters. The zero-order valence-corrected chi connectivity index (χ0v) is 9.99. The SMILES string of the molecule is CCC(C)C1=CC(C)C(OC(C)=O)C=C1. The first-order valence-corrected chi connectivity index (χ1v) is 5.61. The zero-order valence-electron chi connectivity index (χ0n) is 9.99. The minimum Gasteiger partial charge on any atom is -0.458 e. The minimum atomic E-state index is -0.211. The third-order valence-electron chi connectivity index (χ3n) is 2.94. The summed E-state index contributed by atoms with van der Waals surface area (Å²) in [5.41, 5.74) is 1.36. The maximum absolute atomic E-state index is 10.9. The molecule has 15 heavy (non-hydrogen) atoms. The van der Waals surface area contributed by atoms with E-state index in [1.807, 2.05) is 6.08 Å². The fourth-order valence-electron chi connectivity index (χ4n) is 1.74. The summed E-state index contributed by atoms with van der Waals surface area (Å²) in [5, 5.41) is 0. The first-order chi connectivity index (χ1) is 7.04. The van der Waals surface area contributed by atoms with E-state index < -0.39 is 0 Å². The molecular formula is C13H20O2. The van der Waals surface area contributed by atoms with Crippen molar-refractivity contribution in [3.63, 3.8) is 0 Å². The van der Waals surface area contributed by atoms with Crippen molar-refractivity contribution < 1.29 is 9.53 Å². The Bertz CT molecular complexity index is 289. The molecule has 0 amide bonds. The molecule has 1 rings (SSSR count). The highest BCUT2D eigenvalue weighted by Gasteiger charge is 2.20. The van der Waals surface area contributed by atoms with Gasteiger partial charge in [0.05, 0.1) is 0 Å². The Morgan fingerprint density at radius 2 is 2.27 bits per heavy atom. The van der Waals surface area contributed by atoms with Crippen LogP contribution in [0.4, 0.5) is 0 Å². The molecule has 0 heterocycles. The van der Waals surface area contributed by atoms with Crippen molar-refractivity contribution in [2.45, 2.75) is 40.2 Å². The van der Waals surface area contributed by atoms with Crippen LogP contribution in [0, 0.1) is 11.8 Å². The molecule has 0 N–H and O–H groups in total. The lowest BCUT2D eigenvalue weighted by molar-refractivity contribution is -0.145. The van der Waals surface area contributed by atoms with Gasteiger partial charge in [0.25, 0.3) is 0 Å². The number of ether oxygens (including phenoxy) is 1. The van der Waals surface area contributed by atoms with Crippen molar-refractivity contribution in [3.05, 3.63) is 23.8 Å². The molecule has 84 valence electrons. The molecule has 1 aliphatic rings. The van der Waals surface area contributed by atoms with Crippen LogP contribution in [0.15, 0.2) is 23.8 Å². The molecule has 0 spiro atoms. The third kappa shape index (κ3) is 3.22. The predicted octanol–water partition coefficient (Wildman–Crippen LogP) is 3.10. The summed E-state index contributed by atoms with van der Waals surface area (Å²) in [5.74, 6) is 0.654. The molecule has 0 saturated heterocycles.